The van der Waals surface area contributed by atoms with Crippen molar-refractivity contribution < 1.29 is 4.39 Å². The zero-order valence-corrected chi connectivity index (χ0v) is 9.90. The molecule has 0 spiro atoms. The van der Waals surface area contributed by atoms with Gasteiger partial charge in [0, 0.05) is 16.6 Å². The van der Waals surface area contributed by atoms with Crippen molar-refractivity contribution in [1.29, 1.82) is 0 Å². The van der Waals surface area contributed by atoms with Crippen LogP contribution in [-0.4, -0.2) is 13.1 Å². The zero-order valence-electron chi connectivity index (χ0n) is 9.14. The zero-order chi connectivity index (χ0) is 11.4. The topological polar surface area (TPSA) is 12.0 Å². The monoisotopic (exact) mass is 227 g/mol. The molecule has 0 aliphatic heterocycles. The summed E-state index contributed by atoms with van der Waals surface area (Å²) in [5.41, 5.74) is 1.60. The quantitative estimate of drug-likeness (QED) is 0.834. The van der Waals surface area contributed by atoms with Gasteiger partial charge in [-0.3, -0.25) is 0 Å². The molecule has 0 radical (unpaired) electrons. The minimum absolute atomic E-state index is 0.225. The van der Waals surface area contributed by atoms with Crippen molar-refractivity contribution >= 4 is 17.7 Å². The van der Waals surface area contributed by atoms with E-state index in [1.54, 1.807) is 12.1 Å². The van der Waals surface area contributed by atoms with Crippen molar-refractivity contribution in [2.45, 2.75) is 19.9 Å². The number of nitrogens with one attached hydrogen (secondary N) is 1. The molecule has 3 heteroatoms. The third-order valence-corrected chi connectivity index (χ3v) is 2.69. The van der Waals surface area contributed by atoms with Crippen molar-refractivity contribution in [2.75, 3.05) is 7.05 Å². The van der Waals surface area contributed by atoms with E-state index in [2.05, 4.69) is 5.32 Å². The van der Waals surface area contributed by atoms with E-state index >= 15 is 0 Å². The third kappa shape index (κ3) is 3.33. The summed E-state index contributed by atoms with van der Waals surface area (Å²) in [6, 6.07) is 4.78. The van der Waals surface area contributed by atoms with Crippen molar-refractivity contribution in [1.82, 2.24) is 5.32 Å². The van der Waals surface area contributed by atoms with Gasteiger partial charge in [0.15, 0.2) is 0 Å². The molecule has 0 fully saturated rings. The maximum absolute atomic E-state index is 13.4. The van der Waals surface area contributed by atoms with Crippen LogP contribution in [0.25, 0.3) is 6.08 Å². The molecule has 1 atom stereocenters. The van der Waals surface area contributed by atoms with Crippen LogP contribution in [0.5, 0.6) is 0 Å². The van der Waals surface area contributed by atoms with Crippen LogP contribution in [0.4, 0.5) is 4.39 Å². The van der Waals surface area contributed by atoms with Crippen LogP contribution in [0.2, 0.25) is 5.02 Å². The SMILES string of the molecule is CNC(C)/C(C)=C/c1cc(Cl)ccc1F. The molecule has 15 heavy (non-hydrogen) atoms. The number of hydrogen-bond acceptors (Lipinski definition) is 1. The average molecular weight is 228 g/mol. The maximum Gasteiger partial charge on any atom is 0.130 e. The lowest BCUT2D eigenvalue weighted by Crippen LogP contribution is -2.22. The molecule has 0 amide bonds. The van der Waals surface area contributed by atoms with Crippen molar-refractivity contribution in [3.63, 3.8) is 0 Å². The van der Waals surface area contributed by atoms with Gasteiger partial charge < -0.3 is 5.32 Å². The van der Waals surface area contributed by atoms with Crippen LogP contribution >= 0.6 is 11.6 Å². The predicted octanol–water partition coefficient (Wildman–Crippen LogP) is 3.49. The molecule has 0 saturated carbocycles. The molecular weight excluding hydrogens is 213 g/mol. The van der Waals surface area contributed by atoms with E-state index in [-0.39, 0.29) is 11.9 Å². The van der Waals surface area contributed by atoms with E-state index in [0.29, 0.717) is 10.6 Å². The largest absolute Gasteiger partial charge is 0.314 e. The lowest BCUT2D eigenvalue weighted by Gasteiger charge is -2.10. The number of rotatable bonds is 3. The highest BCUT2D eigenvalue weighted by Gasteiger charge is 2.04. The molecule has 1 aromatic carbocycles. The van der Waals surface area contributed by atoms with Gasteiger partial charge in [0.2, 0.25) is 0 Å². The Labute approximate surface area is 95.0 Å². The standard InChI is InChI=1S/C12H15ClFN/c1-8(9(2)15-3)6-10-7-11(13)4-5-12(10)14/h4-7,9,15H,1-3H3/b8-6+. The van der Waals surface area contributed by atoms with E-state index in [4.69, 9.17) is 11.6 Å². The lowest BCUT2D eigenvalue weighted by atomic mass is 10.1. The predicted molar refractivity (Wildman–Crippen MR) is 63.6 cm³/mol. The van der Waals surface area contributed by atoms with Crippen LogP contribution in [0.15, 0.2) is 23.8 Å². The van der Waals surface area contributed by atoms with Crippen LogP contribution < -0.4 is 5.32 Å². The van der Waals surface area contributed by atoms with Crippen LogP contribution in [-0.2, 0) is 0 Å². The first-order valence-corrected chi connectivity index (χ1v) is 5.23. The van der Waals surface area contributed by atoms with Gasteiger partial charge in [0.05, 0.1) is 0 Å². The van der Waals surface area contributed by atoms with E-state index < -0.39 is 0 Å². The number of likely N-dealkylation sites (N-methyl/N-ethyl adjacent to an activating group) is 1. The summed E-state index contributed by atoms with van der Waals surface area (Å²) in [6.07, 6.45) is 1.81. The average Bonchev–Trinajstić information content (AvgIpc) is 2.22. The van der Waals surface area contributed by atoms with Crippen LogP contribution in [0.1, 0.15) is 19.4 Å². The highest BCUT2D eigenvalue weighted by Crippen LogP contribution is 2.18. The Bertz CT molecular complexity index is 374. The van der Waals surface area contributed by atoms with Gasteiger partial charge in [-0.1, -0.05) is 23.3 Å². The molecule has 1 unspecified atom stereocenters. The van der Waals surface area contributed by atoms with Gasteiger partial charge in [-0.05, 0) is 39.1 Å². The van der Waals surface area contributed by atoms with Crippen molar-refractivity contribution in [3.8, 4) is 0 Å². The third-order valence-electron chi connectivity index (χ3n) is 2.46. The van der Waals surface area contributed by atoms with E-state index in [9.17, 15) is 4.39 Å². The van der Waals surface area contributed by atoms with Gasteiger partial charge in [0.1, 0.15) is 5.82 Å². The van der Waals surface area contributed by atoms with Crippen LogP contribution in [0.3, 0.4) is 0 Å². The van der Waals surface area contributed by atoms with E-state index in [1.807, 2.05) is 27.0 Å². The Morgan fingerprint density at radius 2 is 2.20 bits per heavy atom. The number of benzene rings is 1. The minimum Gasteiger partial charge on any atom is -0.314 e. The summed E-state index contributed by atoms with van der Waals surface area (Å²) in [5, 5.41) is 3.64. The Morgan fingerprint density at radius 1 is 1.53 bits per heavy atom. The molecule has 1 rings (SSSR count). The maximum atomic E-state index is 13.4. The summed E-state index contributed by atoms with van der Waals surface area (Å²) in [7, 11) is 1.87. The van der Waals surface area contributed by atoms with Crippen LogP contribution in [0, 0.1) is 5.82 Å². The summed E-state index contributed by atoms with van der Waals surface area (Å²) in [6.45, 7) is 3.98. The first-order valence-electron chi connectivity index (χ1n) is 4.85. The second kappa shape index (κ2) is 5.29. The molecule has 0 bridgehead atoms. The second-order valence-corrected chi connectivity index (χ2v) is 4.00. The van der Waals surface area contributed by atoms with Gasteiger partial charge in [-0.2, -0.15) is 0 Å². The van der Waals surface area contributed by atoms with Gasteiger partial charge in [-0.25, -0.2) is 4.39 Å². The molecular formula is C12H15ClFN. The Morgan fingerprint density at radius 3 is 2.80 bits per heavy atom. The summed E-state index contributed by atoms with van der Waals surface area (Å²) >= 11 is 5.80. The molecule has 0 aliphatic carbocycles. The van der Waals surface area contributed by atoms with E-state index in [0.717, 1.165) is 5.57 Å². The summed E-state index contributed by atoms with van der Waals surface area (Å²) in [4.78, 5) is 0. The molecule has 1 N–H and O–H groups in total. The molecule has 0 saturated heterocycles. The Balaban J connectivity index is 3.01. The molecule has 82 valence electrons. The Kier molecular flexibility index (Phi) is 4.30. The fourth-order valence-electron chi connectivity index (χ4n) is 1.22. The number of hydrogen-bond donors (Lipinski definition) is 1. The fourth-order valence-corrected chi connectivity index (χ4v) is 1.40. The Hall–Kier alpha value is -0.860. The molecule has 0 aromatic heterocycles. The molecule has 1 nitrogen and oxygen atoms in total. The first-order chi connectivity index (χ1) is 7.04. The van der Waals surface area contributed by atoms with Gasteiger partial charge >= 0.3 is 0 Å². The highest BCUT2D eigenvalue weighted by molar-refractivity contribution is 6.30. The lowest BCUT2D eigenvalue weighted by molar-refractivity contribution is 0.624. The summed E-state index contributed by atoms with van der Waals surface area (Å²) < 4.78 is 13.4. The molecule has 1 aromatic rings. The van der Waals surface area contributed by atoms with Crippen molar-refractivity contribution in [3.05, 3.63) is 40.2 Å². The smallest absolute Gasteiger partial charge is 0.130 e. The van der Waals surface area contributed by atoms with Gasteiger partial charge in [-0.15, -0.1) is 0 Å². The first kappa shape index (κ1) is 12.2. The van der Waals surface area contributed by atoms with E-state index in [1.165, 1.54) is 6.07 Å². The highest BCUT2D eigenvalue weighted by atomic mass is 35.5. The number of halogens is 2. The minimum atomic E-state index is -0.248. The second-order valence-electron chi connectivity index (χ2n) is 3.56. The molecule has 0 heterocycles. The normalized spacial score (nSPS) is 14.1. The fraction of sp³-hybridized carbons (Fsp3) is 0.333. The molecule has 0 aliphatic rings. The summed E-state index contributed by atoms with van der Waals surface area (Å²) in [5.74, 6) is -0.248. The van der Waals surface area contributed by atoms with Crippen molar-refractivity contribution in [2.24, 2.45) is 0 Å². The van der Waals surface area contributed by atoms with Gasteiger partial charge in [0.25, 0.3) is 0 Å².